The van der Waals surface area contributed by atoms with Crippen molar-refractivity contribution in [1.29, 1.82) is 0 Å². The average molecular weight is 592 g/mol. The number of benzene rings is 3. The second-order valence-corrected chi connectivity index (χ2v) is 13.4. The highest BCUT2D eigenvalue weighted by atomic mass is 16.2. The van der Waals surface area contributed by atoms with Crippen molar-refractivity contribution in [2.24, 2.45) is 13.0 Å². The van der Waals surface area contributed by atoms with Gasteiger partial charge in [-0.25, -0.2) is 0 Å². The molecule has 0 radical (unpaired) electrons. The maximum absolute atomic E-state index is 14.5. The standard InChI is InChI=1S/C39H49N3O2/c1-25(2)28-18-13-19-29(26(3)4)35(28)37(36-31-17-11-12-22-33(31)42(7)34(36)23-24-41(5)6)40-39(44)32-21-14-20-30(38(32)43)27-15-9-8-10-16-27/h8-13,15-19,22,25-26,30,32,37H,14,20-21,23-24H2,1-7H3,(H,40,44). The zero-order valence-electron chi connectivity index (χ0n) is 27.6. The minimum atomic E-state index is -0.662. The quantitative estimate of drug-likeness (QED) is 0.191. The molecule has 0 aliphatic heterocycles. The van der Waals surface area contributed by atoms with Crippen LogP contribution >= 0.6 is 0 Å². The van der Waals surface area contributed by atoms with Gasteiger partial charge in [-0.1, -0.05) is 101 Å². The molecule has 1 heterocycles. The first-order valence-electron chi connectivity index (χ1n) is 16.3. The molecule has 4 aromatic rings. The number of carbonyl (C=O) groups is 2. The van der Waals surface area contributed by atoms with Crippen molar-refractivity contribution in [3.63, 3.8) is 0 Å². The summed E-state index contributed by atoms with van der Waals surface area (Å²) in [4.78, 5) is 30.7. The first-order valence-corrected chi connectivity index (χ1v) is 16.3. The van der Waals surface area contributed by atoms with E-state index in [1.807, 2.05) is 30.3 Å². The Labute approximate surface area is 263 Å². The number of nitrogens with one attached hydrogen (secondary N) is 1. The number of hydrogen-bond acceptors (Lipinski definition) is 3. The van der Waals surface area contributed by atoms with Gasteiger partial charge in [0, 0.05) is 48.1 Å². The number of ketones is 1. The third-order valence-corrected chi connectivity index (χ3v) is 9.54. The zero-order valence-corrected chi connectivity index (χ0v) is 27.6. The van der Waals surface area contributed by atoms with Crippen LogP contribution in [-0.2, 0) is 23.1 Å². The first kappa shape index (κ1) is 31.7. The number of likely N-dealkylation sites (N-methyl/N-ethyl adjacent to an activating group) is 1. The summed E-state index contributed by atoms with van der Waals surface area (Å²) in [5.74, 6) is -0.470. The number of nitrogens with zero attached hydrogens (tertiary/aromatic N) is 2. The lowest BCUT2D eigenvalue weighted by Gasteiger charge is -2.32. The van der Waals surface area contributed by atoms with Crippen LogP contribution in [0.25, 0.3) is 10.9 Å². The van der Waals surface area contributed by atoms with Crippen molar-refractivity contribution in [2.45, 2.75) is 77.2 Å². The van der Waals surface area contributed by atoms with E-state index in [9.17, 15) is 9.59 Å². The number of aromatic nitrogens is 1. The summed E-state index contributed by atoms with van der Waals surface area (Å²) in [5.41, 5.74) is 8.19. The predicted octanol–water partition coefficient (Wildman–Crippen LogP) is 7.89. The van der Waals surface area contributed by atoms with Gasteiger partial charge in [0.15, 0.2) is 5.78 Å². The van der Waals surface area contributed by atoms with Crippen molar-refractivity contribution in [1.82, 2.24) is 14.8 Å². The number of carbonyl (C=O) groups excluding carboxylic acids is 2. The van der Waals surface area contributed by atoms with Gasteiger partial charge in [0.2, 0.25) is 5.91 Å². The fraction of sp³-hybridized carbons (Fsp3) is 0.436. The van der Waals surface area contributed by atoms with E-state index < -0.39 is 5.92 Å². The zero-order chi connectivity index (χ0) is 31.5. The molecule has 1 amide bonds. The Balaban J connectivity index is 1.68. The van der Waals surface area contributed by atoms with E-state index in [0.29, 0.717) is 6.42 Å². The highest BCUT2D eigenvalue weighted by Gasteiger charge is 2.39. The number of hydrogen-bond donors (Lipinski definition) is 1. The fourth-order valence-corrected chi connectivity index (χ4v) is 7.23. The second kappa shape index (κ2) is 13.5. The SMILES string of the molecule is CC(C)c1cccc(C(C)C)c1C(NC(=O)C1CCCC(c2ccccc2)C1=O)c1c(CCN(C)C)n(C)c2ccccc12. The average Bonchev–Trinajstić information content (AvgIpc) is 3.29. The fourth-order valence-electron chi connectivity index (χ4n) is 7.23. The smallest absolute Gasteiger partial charge is 0.231 e. The van der Waals surface area contributed by atoms with Gasteiger partial charge in [-0.2, -0.15) is 0 Å². The number of Topliss-reactive ketones (excluding diaryl/α,β-unsaturated/α-hetero) is 1. The van der Waals surface area contributed by atoms with Crippen LogP contribution in [0.4, 0.5) is 0 Å². The van der Waals surface area contributed by atoms with Crippen LogP contribution < -0.4 is 5.32 Å². The van der Waals surface area contributed by atoms with Crippen LogP contribution in [0.5, 0.6) is 0 Å². The molecule has 1 aromatic heterocycles. The van der Waals surface area contributed by atoms with Crippen LogP contribution in [-0.4, -0.2) is 41.8 Å². The Morgan fingerprint density at radius 3 is 2.14 bits per heavy atom. The van der Waals surface area contributed by atoms with E-state index in [1.165, 1.54) is 22.4 Å². The number of fused-ring (bicyclic) bond motifs is 1. The van der Waals surface area contributed by atoms with Gasteiger partial charge in [0.05, 0.1) is 12.0 Å². The summed E-state index contributed by atoms with van der Waals surface area (Å²) in [6, 6.07) is 24.7. The van der Waals surface area contributed by atoms with Gasteiger partial charge in [0.1, 0.15) is 0 Å². The van der Waals surface area contributed by atoms with Crippen LogP contribution in [0.15, 0.2) is 72.8 Å². The van der Waals surface area contributed by atoms with Gasteiger partial charge in [-0.3, -0.25) is 9.59 Å². The van der Waals surface area contributed by atoms with E-state index >= 15 is 0 Å². The molecule has 44 heavy (non-hydrogen) atoms. The minimum absolute atomic E-state index is 0.0469. The molecule has 232 valence electrons. The van der Waals surface area contributed by atoms with Crippen molar-refractivity contribution >= 4 is 22.6 Å². The third-order valence-electron chi connectivity index (χ3n) is 9.54. The Kier molecular flexibility index (Phi) is 9.75. The molecule has 1 N–H and O–H groups in total. The van der Waals surface area contributed by atoms with E-state index in [0.717, 1.165) is 47.8 Å². The Hall–Kier alpha value is -3.70. The molecule has 3 aromatic carbocycles. The molecule has 0 spiro atoms. The van der Waals surface area contributed by atoms with Crippen LogP contribution in [0.1, 0.15) is 104 Å². The molecule has 5 rings (SSSR count). The number of amides is 1. The lowest BCUT2D eigenvalue weighted by Crippen LogP contribution is -2.42. The molecule has 3 unspecified atom stereocenters. The van der Waals surface area contributed by atoms with Gasteiger partial charge in [-0.05, 0) is 67.1 Å². The largest absolute Gasteiger partial charge is 0.347 e. The van der Waals surface area contributed by atoms with Crippen LogP contribution in [0.2, 0.25) is 0 Å². The molecule has 0 bridgehead atoms. The summed E-state index contributed by atoms with van der Waals surface area (Å²) < 4.78 is 2.30. The second-order valence-electron chi connectivity index (χ2n) is 13.4. The van der Waals surface area contributed by atoms with E-state index in [-0.39, 0.29) is 35.5 Å². The lowest BCUT2D eigenvalue weighted by atomic mass is 9.76. The maximum atomic E-state index is 14.5. The Bertz CT molecular complexity index is 1590. The van der Waals surface area contributed by atoms with Gasteiger partial charge in [-0.15, -0.1) is 0 Å². The molecule has 0 saturated heterocycles. The van der Waals surface area contributed by atoms with Gasteiger partial charge >= 0.3 is 0 Å². The molecular weight excluding hydrogens is 542 g/mol. The summed E-state index contributed by atoms with van der Waals surface area (Å²) in [5, 5.41) is 4.71. The highest BCUT2D eigenvalue weighted by Crippen LogP contribution is 2.41. The summed E-state index contributed by atoms with van der Waals surface area (Å²) in [7, 11) is 6.34. The number of aryl methyl sites for hydroxylation is 1. The van der Waals surface area contributed by atoms with Crippen molar-refractivity contribution in [3.8, 4) is 0 Å². The molecule has 1 aliphatic carbocycles. The normalized spacial score (nSPS) is 18.0. The molecule has 3 atom stereocenters. The topological polar surface area (TPSA) is 54.3 Å². The summed E-state index contributed by atoms with van der Waals surface area (Å²) >= 11 is 0. The minimum Gasteiger partial charge on any atom is -0.347 e. The van der Waals surface area contributed by atoms with Crippen LogP contribution in [0.3, 0.4) is 0 Å². The Morgan fingerprint density at radius 1 is 0.864 bits per heavy atom. The first-order chi connectivity index (χ1) is 21.1. The lowest BCUT2D eigenvalue weighted by molar-refractivity contribution is -0.137. The molecule has 5 nitrogen and oxygen atoms in total. The maximum Gasteiger partial charge on any atom is 0.231 e. The van der Waals surface area contributed by atoms with E-state index in [1.54, 1.807) is 0 Å². The number of rotatable bonds is 10. The highest BCUT2D eigenvalue weighted by molar-refractivity contribution is 6.05. The van der Waals surface area contributed by atoms with E-state index in [2.05, 4.69) is 106 Å². The Morgan fingerprint density at radius 2 is 1.50 bits per heavy atom. The van der Waals surface area contributed by atoms with Gasteiger partial charge in [0.25, 0.3) is 0 Å². The molecule has 1 aliphatic rings. The monoisotopic (exact) mass is 591 g/mol. The third kappa shape index (κ3) is 6.25. The van der Waals surface area contributed by atoms with Crippen molar-refractivity contribution in [3.05, 3.63) is 106 Å². The van der Waals surface area contributed by atoms with Crippen molar-refractivity contribution < 1.29 is 9.59 Å². The molecule has 1 fully saturated rings. The number of para-hydroxylation sites is 1. The predicted molar refractivity (Wildman–Crippen MR) is 181 cm³/mol. The van der Waals surface area contributed by atoms with Crippen molar-refractivity contribution in [2.75, 3.05) is 20.6 Å². The van der Waals surface area contributed by atoms with Crippen LogP contribution in [0, 0.1) is 5.92 Å². The molecule has 1 saturated carbocycles. The molecule has 5 heteroatoms. The summed E-state index contributed by atoms with van der Waals surface area (Å²) in [6.07, 6.45) is 3.09. The van der Waals surface area contributed by atoms with E-state index in [4.69, 9.17) is 0 Å². The summed E-state index contributed by atoms with van der Waals surface area (Å²) in [6.45, 7) is 9.81. The van der Waals surface area contributed by atoms with Gasteiger partial charge < -0.3 is 14.8 Å². The molecular formula is C39H49N3O2.